The molecule has 0 amide bonds. The smallest absolute Gasteiger partial charge is 0.335 e. The number of benzene rings is 1. The number of carboxylic acid groups (broad SMARTS) is 1. The summed E-state index contributed by atoms with van der Waals surface area (Å²) in [6, 6.07) is 5.85. The van der Waals surface area contributed by atoms with Gasteiger partial charge in [-0.25, -0.2) is 4.79 Å². The number of rotatable bonds is 5. The van der Waals surface area contributed by atoms with Crippen molar-refractivity contribution in [3.8, 4) is 5.75 Å². The number of methoxy groups -OCH3 is 1. The Morgan fingerprint density at radius 1 is 1.38 bits per heavy atom. The van der Waals surface area contributed by atoms with Crippen molar-refractivity contribution in [1.29, 1.82) is 0 Å². The fourth-order valence-corrected chi connectivity index (χ4v) is 2.73. The largest absolute Gasteiger partial charge is 0.495 e. The van der Waals surface area contributed by atoms with Gasteiger partial charge in [-0.3, -0.25) is 0 Å². The maximum Gasteiger partial charge on any atom is 0.335 e. The van der Waals surface area contributed by atoms with Crippen LogP contribution in [0.15, 0.2) is 18.2 Å². The van der Waals surface area contributed by atoms with E-state index in [1.807, 2.05) is 0 Å². The molecule has 1 aliphatic heterocycles. The van der Waals surface area contributed by atoms with Crippen molar-refractivity contribution in [3.05, 3.63) is 23.8 Å². The zero-order chi connectivity index (χ0) is 15.4. The lowest BCUT2D eigenvalue weighted by Crippen LogP contribution is -2.42. The lowest BCUT2D eigenvalue weighted by Gasteiger charge is -2.35. The zero-order valence-corrected chi connectivity index (χ0v) is 12.9. The molecule has 5 nitrogen and oxygen atoms in total. The van der Waals surface area contributed by atoms with Crippen LogP contribution in [0.1, 0.15) is 37.0 Å². The van der Waals surface area contributed by atoms with Crippen LogP contribution in [0.5, 0.6) is 5.75 Å². The quantitative estimate of drug-likeness (QED) is 0.873. The number of ether oxygens (including phenoxy) is 1. The maximum absolute atomic E-state index is 11.1. The van der Waals surface area contributed by atoms with Crippen LogP contribution < -0.4 is 10.1 Å². The molecule has 2 N–H and O–H groups in total. The van der Waals surface area contributed by atoms with Crippen LogP contribution in [-0.4, -0.2) is 48.3 Å². The van der Waals surface area contributed by atoms with Crippen molar-refractivity contribution >= 4 is 11.7 Å². The van der Waals surface area contributed by atoms with Crippen molar-refractivity contribution < 1.29 is 14.6 Å². The van der Waals surface area contributed by atoms with Crippen LogP contribution in [0.3, 0.4) is 0 Å². The molecule has 0 atom stereocenters. The summed E-state index contributed by atoms with van der Waals surface area (Å²) in [5.41, 5.74) is 1.04. The highest BCUT2D eigenvalue weighted by molar-refractivity contribution is 5.89. The second-order valence-corrected chi connectivity index (χ2v) is 5.77. The van der Waals surface area contributed by atoms with E-state index in [4.69, 9.17) is 9.84 Å². The van der Waals surface area contributed by atoms with E-state index in [9.17, 15) is 4.79 Å². The number of likely N-dealkylation sites (tertiary alicyclic amines) is 1. The number of carbonyl (C=O) groups is 1. The highest BCUT2D eigenvalue weighted by Gasteiger charge is 2.21. The number of nitrogens with one attached hydrogen (secondary N) is 1. The molecule has 0 radical (unpaired) electrons. The van der Waals surface area contributed by atoms with Gasteiger partial charge in [0, 0.05) is 25.2 Å². The van der Waals surface area contributed by atoms with Gasteiger partial charge in [0.05, 0.1) is 18.4 Å². The number of hydrogen-bond donors (Lipinski definition) is 2. The number of hydrogen-bond acceptors (Lipinski definition) is 4. The van der Waals surface area contributed by atoms with Crippen molar-refractivity contribution in [2.75, 3.05) is 25.5 Å². The minimum Gasteiger partial charge on any atom is -0.495 e. The first-order valence-electron chi connectivity index (χ1n) is 7.43. The highest BCUT2D eigenvalue weighted by Crippen LogP contribution is 2.28. The van der Waals surface area contributed by atoms with E-state index in [-0.39, 0.29) is 5.56 Å². The summed E-state index contributed by atoms with van der Waals surface area (Å²) in [5.74, 6) is -0.235. The second kappa shape index (κ2) is 6.80. The third kappa shape index (κ3) is 3.88. The Morgan fingerprint density at radius 2 is 2.05 bits per heavy atom. The molecule has 1 fully saturated rings. The number of piperidine rings is 1. The summed E-state index contributed by atoms with van der Waals surface area (Å²) < 4.78 is 5.32. The van der Waals surface area contributed by atoms with Gasteiger partial charge in [-0.1, -0.05) is 0 Å². The van der Waals surface area contributed by atoms with Gasteiger partial charge in [0.1, 0.15) is 5.75 Å². The van der Waals surface area contributed by atoms with Gasteiger partial charge in [-0.2, -0.15) is 0 Å². The molecule has 1 aromatic carbocycles. The second-order valence-electron chi connectivity index (χ2n) is 5.77. The SMILES string of the molecule is COc1ccc(C(=O)O)cc1NC1CCN(C(C)C)CC1. The minimum atomic E-state index is -0.921. The van der Waals surface area contributed by atoms with Crippen molar-refractivity contribution in [3.63, 3.8) is 0 Å². The predicted molar refractivity (Wildman–Crippen MR) is 83.3 cm³/mol. The Morgan fingerprint density at radius 3 is 2.57 bits per heavy atom. The number of anilines is 1. The Hall–Kier alpha value is -1.75. The Balaban J connectivity index is 2.05. The molecule has 2 rings (SSSR count). The van der Waals surface area contributed by atoms with E-state index < -0.39 is 5.97 Å². The van der Waals surface area contributed by atoms with E-state index in [2.05, 4.69) is 24.1 Å². The van der Waals surface area contributed by atoms with Crippen LogP contribution in [-0.2, 0) is 0 Å². The van der Waals surface area contributed by atoms with Gasteiger partial charge in [0.15, 0.2) is 0 Å². The first kappa shape index (κ1) is 15.6. The average Bonchev–Trinajstić information content (AvgIpc) is 2.47. The monoisotopic (exact) mass is 292 g/mol. The molecule has 1 heterocycles. The number of nitrogens with zero attached hydrogens (tertiary/aromatic N) is 1. The Labute approximate surface area is 125 Å². The topological polar surface area (TPSA) is 61.8 Å². The van der Waals surface area contributed by atoms with Gasteiger partial charge >= 0.3 is 5.97 Å². The molecule has 21 heavy (non-hydrogen) atoms. The van der Waals surface area contributed by atoms with Crippen LogP contribution >= 0.6 is 0 Å². The molecule has 1 aromatic rings. The molecule has 1 aliphatic rings. The van der Waals surface area contributed by atoms with Crippen LogP contribution in [0, 0.1) is 0 Å². The number of aromatic carboxylic acids is 1. The molecule has 0 unspecified atom stereocenters. The fraction of sp³-hybridized carbons (Fsp3) is 0.562. The van der Waals surface area contributed by atoms with Crippen molar-refractivity contribution in [1.82, 2.24) is 4.90 Å². The van der Waals surface area contributed by atoms with Crippen molar-refractivity contribution in [2.24, 2.45) is 0 Å². The number of carboxylic acids is 1. The predicted octanol–water partition coefficient (Wildman–Crippen LogP) is 2.68. The van der Waals surface area contributed by atoms with E-state index in [1.54, 1.807) is 25.3 Å². The summed E-state index contributed by atoms with van der Waals surface area (Å²) in [6.07, 6.45) is 2.11. The minimum absolute atomic E-state index is 0.276. The molecule has 1 saturated heterocycles. The third-order valence-corrected chi connectivity index (χ3v) is 4.07. The first-order valence-corrected chi connectivity index (χ1v) is 7.43. The lowest BCUT2D eigenvalue weighted by molar-refractivity contribution is 0.0697. The van der Waals surface area contributed by atoms with Gasteiger partial charge < -0.3 is 20.1 Å². The lowest BCUT2D eigenvalue weighted by atomic mass is 10.0. The van der Waals surface area contributed by atoms with Gasteiger partial charge in [0.2, 0.25) is 0 Å². The molecule has 116 valence electrons. The molecule has 0 aromatic heterocycles. The summed E-state index contributed by atoms with van der Waals surface area (Å²) in [6.45, 7) is 6.56. The summed E-state index contributed by atoms with van der Waals surface area (Å²) in [7, 11) is 1.60. The van der Waals surface area contributed by atoms with E-state index >= 15 is 0 Å². The fourth-order valence-electron chi connectivity index (χ4n) is 2.73. The summed E-state index contributed by atoms with van der Waals surface area (Å²) in [5, 5.41) is 12.5. The summed E-state index contributed by atoms with van der Waals surface area (Å²) in [4.78, 5) is 13.5. The molecular formula is C16H24N2O3. The van der Waals surface area contributed by atoms with Gasteiger partial charge in [-0.05, 0) is 44.9 Å². The third-order valence-electron chi connectivity index (χ3n) is 4.07. The Kier molecular flexibility index (Phi) is 5.07. The average molecular weight is 292 g/mol. The highest BCUT2D eigenvalue weighted by atomic mass is 16.5. The maximum atomic E-state index is 11.1. The molecule has 0 saturated carbocycles. The molecule has 0 spiro atoms. The van der Waals surface area contributed by atoms with Crippen LogP contribution in [0.4, 0.5) is 5.69 Å². The van der Waals surface area contributed by atoms with Crippen LogP contribution in [0.2, 0.25) is 0 Å². The van der Waals surface area contributed by atoms with Gasteiger partial charge in [-0.15, -0.1) is 0 Å². The van der Waals surface area contributed by atoms with Gasteiger partial charge in [0.25, 0.3) is 0 Å². The van der Waals surface area contributed by atoms with Crippen molar-refractivity contribution in [2.45, 2.75) is 38.8 Å². The standard InChI is InChI=1S/C16H24N2O3/c1-11(2)18-8-6-13(7-9-18)17-14-10-12(16(19)20)4-5-15(14)21-3/h4-5,10-11,13,17H,6-9H2,1-3H3,(H,19,20). The molecule has 0 bridgehead atoms. The van der Waals surface area contributed by atoms with Crippen LogP contribution in [0.25, 0.3) is 0 Å². The normalized spacial score (nSPS) is 17.0. The molecule has 5 heteroatoms. The first-order chi connectivity index (χ1) is 10.0. The summed E-state index contributed by atoms with van der Waals surface area (Å²) >= 11 is 0. The van der Waals surface area contributed by atoms with E-state index in [0.29, 0.717) is 17.8 Å². The van der Waals surface area contributed by atoms with E-state index in [1.165, 1.54) is 0 Å². The zero-order valence-electron chi connectivity index (χ0n) is 12.9. The Bertz CT molecular complexity index is 494. The molecular weight excluding hydrogens is 268 g/mol. The van der Waals surface area contributed by atoms with E-state index in [0.717, 1.165) is 31.6 Å². The molecule has 0 aliphatic carbocycles.